The molecule has 1 saturated heterocycles. The molecule has 1 aromatic carbocycles. The third kappa shape index (κ3) is 3.74. The number of aromatic nitrogens is 2. The Labute approximate surface area is 187 Å². The molecule has 1 fully saturated rings. The first-order chi connectivity index (χ1) is 15.0. The van der Waals surface area contributed by atoms with Crippen LogP contribution in [0.15, 0.2) is 40.3 Å². The molecule has 1 aliphatic heterocycles. The highest BCUT2D eigenvalue weighted by Gasteiger charge is 2.34. The maximum atomic E-state index is 13.1. The summed E-state index contributed by atoms with van der Waals surface area (Å²) < 4.78 is 1.52. The summed E-state index contributed by atoms with van der Waals surface area (Å²) in [6, 6.07) is 7.78. The first-order valence-corrected chi connectivity index (χ1v) is 12.0. The topological polar surface area (TPSA) is 72.3 Å². The van der Waals surface area contributed by atoms with Gasteiger partial charge in [0.15, 0.2) is 0 Å². The molecular weight excluding hydrogens is 430 g/mol. The summed E-state index contributed by atoms with van der Waals surface area (Å²) in [6.45, 7) is 2.38. The summed E-state index contributed by atoms with van der Waals surface area (Å²) >= 11 is 2.55. The molecule has 3 aromatic rings. The highest BCUT2D eigenvalue weighted by Crippen LogP contribution is 2.34. The van der Waals surface area contributed by atoms with Gasteiger partial charge in [0.25, 0.3) is 16.7 Å². The number of hydrogen-bond acceptors (Lipinski definition) is 6. The van der Waals surface area contributed by atoms with Gasteiger partial charge in [-0.1, -0.05) is 29.8 Å². The van der Waals surface area contributed by atoms with Crippen LogP contribution in [0, 0.1) is 6.92 Å². The molecule has 8 heteroatoms. The van der Waals surface area contributed by atoms with Crippen LogP contribution >= 0.6 is 23.1 Å². The third-order valence-corrected chi connectivity index (χ3v) is 7.86. The summed E-state index contributed by atoms with van der Waals surface area (Å²) in [6.07, 6.45) is 7.46. The van der Waals surface area contributed by atoms with Crippen LogP contribution in [0.4, 0.5) is 4.79 Å². The molecule has 5 rings (SSSR count). The summed E-state index contributed by atoms with van der Waals surface area (Å²) in [5, 5.41) is 0.411. The highest BCUT2D eigenvalue weighted by molar-refractivity contribution is 8.18. The predicted molar refractivity (Wildman–Crippen MR) is 124 cm³/mol. The number of amides is 2. The van der Waals surface area contributed by atoms with Crippen LogP contribution in [-0.4, -0.2) is 32.1 Å². The molecule has 0 N–H and O–H groups in total. The first kappa shape index (κ1) is 20.2. The highest BCUT2D eigenvalue weighted by atomic mass is 32.2. The lowest BCUT2D eigenvalue weighted by molar-refractivity contribution is -0.122. The Morgan fingerprint density at radius 1 is 1.06 bits per heavy atom. The fourth-order valence-corrected chi connectivity index (χ4v) is 6.14. The van der Waals surface area contributed by atoms with Crippen LogP contribution in [0.1, 0.15) is 34.4 Å². The lowest BCUT2D eigenvalue weighted by Crippen LogP contribution is -2.34. The van der Waals surface area contributed by atoms with Gasteiger partial charge in [0.1, 0.15) is 4.83 Å². The standard InChI is InChI=1S/C23H21N3O3S2/c1-14-6-8-15(9-7-14)12-18-21(27)26(23(29)31-18)11-10-25-13-24-20-19(22(25)28)16-4-2-3-5-17(16)30-20/h6-9,12-13H,2-5,10-11H2,1H3/b18-12+. The fraction of sp³-hybridized carbons (Fsp3) is 0.304. The van der Waals surface area contributed by atoms with Gasteiger partial charge in [-0.3, -0.25) is 23.9 Å². The van der Waals surface area contributed by atoms with Gasteiger partial charge in [0.2, 0.25) is 0 Å². The maximum Gasteiger partial charge on any atom is 0.293 e. The van der Waals surface area contributed by atoms with Crippen molar-refractivity contribution < 1.29 is 9.59 Å². The molecular formula is C23H21N3O3S2. The number of nitrogens with zero attached hydrogens (tertiary/aromatic N) is 3. The lowest BCUT2D eigenvalue weighted by Gasteiger charge is -2.14. The summed E-state index contributed by atoms with van der Waals surface area (Å²) in [5.74, 6) is -0.314. The molecule has 6 nitrogen and oxygen atoms in total. The van der Waals surface area contributed by atoms with Crippen molar-refractivity contribution in [1.29, 1.82) is 0 Å². The number of thioether (sulfide) groups is 1. The summed E-state index contributed by atoms with van der Waals surface area (Å²) in [4.78, 5) is 46.5. The predicted octanol–water partition coefficient (Wildman–Crippen LogP) is 4.38. The summed E-state index contributed by atoms with van der Waals surface area (Å²) in [7, 11) is 0. The molecule has 0 spiro atoms. The normalized spacial score (nSPS) is 17.7. The van der Waals surface area contributed by atoms with E-state index in [0.717, 1.165) is 64.4 Å². The molecule has 0 radical (unpaired) electrons. The second-order valence-electron chi connectivity index (χ2n) is 7.88. The van der Waals surface area contributed by atoms with Crippen molar-refractivity contribution >= 4 is 50.5 Å². The zero-order chi connectivity index (χ0) is 21.5. The number of imide groups is 1. The van der Waals surface area contributed by atoms with Crippen LogP contribution in [-0.2, 0) is 24.2 Å². The second-order valence-corrected chi connectivity index (χ2v) is 9.96. The van der Waals surface area contributed by atoms with Gasteiger partial charge in [-0.05, 0) is 61.6 Å². The van der Waals surface area contributed by atoms with E-state index in [4.69, 9.17) is 0 Å². The smallest absolute Gasteiger partial charge is 0.293 e. The molecule has 2 aliphatic rings. The average molecular weight is 452 g/mol. The molecule has 158 valence electrons. The number of fused-ring (bicyclic) bond motifs is 3. The Morgan fingerprint density at radius 3 is 2.65 bits per heavy atom. The van der Waals surface area contributed by atoms with E-state index in [1.807, 2.05) is 31.2 Å². The van der Waals surface area contributed by atoms with E-state index in [-0.39, 0.29) is 29.8 Å². The van der Waals surface area contributed by atoms with E-state index in [2.05, 4.69) is 4.98 Å². The van der Waals surface area contributed by atoms with Gasteiger partial charge in [0, 0.05) is 18.0 Å². The lowest BCUT2D eigenvalue weighted by atomic mass is 9.97. The molecule has 2 aromatic heterocycles. The second kappa shape index (κ2) is 8.09. The zero-order valence-electron chi connectivity index (χ0n) is 17.1. The first-order valence-electron chi connectivity index (χ1n) is 10.3. The zero-order valence-corrected chi connectivity index (χ0v) is 18.7. The van der Waals surface area contributed by atoms with E-state index < -0.39 is 0 Å². The van der Waals surface area contributed by atoms with Gasteiger partial charge in [0.05, 0.1) is 16.6 Å². The summed E-state index contributed by atoms with van der Waals surface area (Å²) in [5.41, 5.74) is 3.08. The van der Waals surface area contributed by atoms with Crippen molar-refractivity contribution in [2.75, 3.05) is 6.54 Å². The van der Waals surface area contributed by atoms with Crippen molar-refractivity contribution in [3.8, 4) is 0 Å². The van der Waals surface area contributed by atoms with Crippen molar-refractivity contribution in [2.45, 2.75) is 39.2 Å². The van der Waals surface area contributed by atoms with Crippen LogP contribution in [0.3, 0.4) is 0 Å². The van der Waals surface area contributed by atoms with E-state index in [1.54, 1.807) is 17.4 Å². The number of thiophene rings is 1. The van der Waals surface area contributed by atoms with Crippen molar-refractivity contribution in [3.63, 3.8) is 0 Å². The number of carbonyl (C=O) groups excluding carboxylic acids is 2. The number of aryl methyl sites for hydroxylation is 3. The monoisotopic (exact) mass is 451 g/mol. The number of carbonyl (C=O) groups is 2. The molecule has 31 heavy (non-hydrogen) atoms. The molecule has 2 amide bonds. The van der Waals surface area contributed by atoms with Gasteiger partial charge >= 0.3 is 0 Å². The van der Waals surface area contributed by atoms with Crippen molar-refractivity contribution in [1.82, 2.24) is 14.5 Å². The molecule has 0 atom stereocenters. The molecule has 0 saturated carbocycles. The largest absolute Gasteiger partial charge is 0.297 e. The van der Waals surface area contributed by atoms with E-state index in [9.17, 15) is 14.4 Å². The SMILES string of the molecule is Cc1ccc(/C=C2/SC(=O)N(CCn3cnc4sc5c(c4c3=O)CCCC5)C2=O)cc1. The Kier molecular flexibility index (Phi) is 5.27. The Hall–Kier alpha value is -2.71. The Balaban J connectivity index is 1.36. The molecule has 0 bridgehead atoms. The van der Waals surface area contributed by atoms with E-state index in [1.165, 1.54) is 20.7 Å². The van der Waals surface area contributed by atoms with Gasteiger partial charge in [-0.25, -0.2) is 4.98 Å². The van der Waals surface area contributed by atoms with Crippen LogP contribution < -0.4 is 5.56 Å². The fourth-order valence-electron chi connectivity index (χ4n) is 4.05. The molecule has 0 unspecified atom stereocenters. The number of benzene rings is 1. The van der Waals surface area contributed by atoms with Gasteiger partial charge < -0.3 is 0 Å². The van der Waals surface area contributed by atoms with Crippen LogP contribution in [0.5, 0.6) is 0 Å². The molecule has 3 heterocycles. The minimum absolute atomic E-state index is 0.0773. The Morgan fingerprint density at radius 2 is 1.84 bits per heavy atom. The Bertz CT molecular complexity index is 1290. The minimum atomic E-state index is -0.314. The van der Waals surface area contributed by atoms with Crippen molar-refractivity contribution in [3.05, 3.63) is 67.4 Å². The maximum absolute atomic E-state index is 13.1. The van der Waals surface area contributed by atoms with Crippen LogP contribution in [0.2, 0.25) is 0 Å². The van der Waals surface area contributed by atoms with E-state index in [0.29, 0.717) is 4.91 Å². The average Bonchev–Trinajstić information content (AvgIpc) is 3.27. The quantitative estimate of drug-likeness (QED) is 0.551. The van der Waals surface area contributed by atoms with Gasteiger partial charge in [-0.15, -0.1) is 11.3 Å². The third-order valence-electron chi connectivity index (χ3n) is 5.76. The van der Waals surface area contributed by atoms with Crippen molar-refractivity contribution in [2.24, 2.45) is 0 Å². The number of hydrogen-bond donors (Lipinski definition) is 0. The molecule has 1 aliphatic carbocycles. The van der Waals surface area contributed by atoms with Gasteiger partial charge in [-0.2, -0.15) is 0 Å². The number of rotatable bonds is 4. The minimum Gasteiger partial charge on any atom is -0.297 e. The van der Waals surface area contributed by atoms with Crippen LogP contribution in [0.25, 0.3) is 16.3 Å². The van der Waals surface area contributed by atoms with E-state index >= 15 is 0 Å².